The number of hydrogen-bond donors (Lipinski definition) is 1. The van der Waals surface area contributed by atoms with Crippen molar-refractivity contribution in [2.75, 3.05) is 39.4 Å². The van der Waals surface area contributed by atoms with Gasteiger partial charge in [0.05, 0.1) is 18.5 Å². The number of ether oxygens (including phenoxy) is 1. The first-order chi connectivity index (χ1) is 11.4. The summed E-state index contributed by atoms with van der Waals surface area (Å²) in [5.74, 6) is 0. The van der Waals surface area contributed by atoms with Gasteiger partial charge in [-0.15, -0.1) is 0 Å². The predicted octanol–water partition coefficient (Wildman–Crippen LogP) is -0.110. The van der Waals surface area contributed by atoms with Gasteiger partial charge < -0.3 is 4.74 Å². The van der Waals surface area contributed by atoms with Crippen LogP contribution in [0.15, 0.2) is 0 Å². The fraction of sp³-hybridized carbons (Fsp3) is 1.00. The minimum Gasteiger partial charge on any atom is -0.379 e. The quantitative estimate of drug-likeness (QED) is 0.717. The maximum absolute atomic E-state index is 12.7. The van der Waals surface area contributed by atoms with Gasteiger partial charge in [-0.1, -0.05) is 12.8 Å². The van der Waals surface area contributed by atoms with Crippen LogP contribution in [0.5, 0.6) is 0 Å². The minimum absolute atomic E-state index is 0.0150. The molecule has 2 aliphatic heterocycles. The molecule has 2 heterocycles. The van der Waals surface area contributed by atoms with E-state index in [9.17, 15) is 16.8 Å². The third-order valence-electron chi connectivity index (χ3n) is 5.09. The van der Waals surface area contributed by atoms with Crippen molar-refractivity contribution in [2.24, 2.45) is 0 Å². The smallest absolute Gasteiger partial charge is 0.282 e. The lowest BCUT2D eigenvalue weighted by molar-refractivity contribution is 0.0698. The molecule has 1 N–H and O–H groups in total. The van der Waals surface area contributed by atoms with Gasteiger partial charge in [0.2, 0.25) is 10.0 Å². The van der Waals surface area contributed by atoms with E-state index in [1.54, 1.807) is 0 Å². The van der Waals surface area contributed by atoms with Crippen molar-refractivity contribution in [2.45, 2.75) is 49.8 Å². The topological polar surface area (TPSA) is 96.0 Å². The second-order valence-electron chi connectivity index (χ2n) is 6.79. The van der Waals surface area contributed by atoms with Crippen molar-refractivity contribution in [3.05, 3.63) is 0 Å². The van der Waals surface area contributed by atoms with E-state index < -0.39 is 25.5 Å². The lowest BCUT2D eigenvalue weighted by Crippen LogP contribution is -2.54. The Kier molecular flexibility index (Phi) is 5.83. The Morgan fingerprint density at radius 1 is 0.833 bits per heavy atom. The third kappa shape index (κ3) is 4.10. The number of hydrogen-bond acceptors (Lipinski definition) is 5. The summed E-state index contributed by atoms with van der Waals surface area (Å²) in [6.07, 6.45) is 4.94. The second kappa shape index (κ2) is 7.55. The van der Waals surface area contributed by atoms with Crippen LogP contribution in [0.1, 0.15) is 38.5 Å². The highest BCUT2D eigenvalue weighted by Crippen LogP contribution is 2.24. The largest absolute Gasteiger partial charge is 0.379 e. The molecule has 0 aromatic heterocycles. The van der Waals surface area contributed by atoms with Gasteiger partial charge in [0.1, 0.15) is 0 Å². The molecule has 8 nitrogen and oxygen atoms in total. The molecule has 1 saturated carbocycles. The van der Waals surface area contributed by atoms with Gasteiger partial charge in [-0.25, -0.2) is 13.1 Å². The van der Waals surface area contributed by atoms with Gasteiger partial charge in [0, 0.05) is 32.2 Å². The van der Waals surface area contributed by atoms with E-state index in [-0.39, 0.29) is 12.6 Å². The molecule has 0 unspecified atom stereocenters. The molecule has 0 aromatic rings. The third-order valence-corrected chi connectivity index (χ3v) is 9.01. The number of rotatable bonds is 5. The summed E-state index contributed by atoms with van der Waals surface area (Å²) in [5.41, 5.74) is 0. The van der Waals surface area contributed by atoms with Crippen LogP contribution in [0.25, 0.3) is 0 Å². The monoisotopic (exact) mass is 381 g/mol. The SMILES string of the molecule is O=S(=O)(NC1CCCC1)[C@H]1CCCN(S(=O)(=O)N2CCOCC2)C1. The Morgan fingerprint density at radius 3 is 2.17 bits per heavy atom. The lowest BCUT2D eigenvalue weighted by atomic mass is 10.2. The molecule has 0 bridgehead atoms. The summed E-state index contributed by atoms with van der Waals surface area (Å²) < 4.78 is 61.5. The van der Waals surface area contributed by atoms with E-state index in [1.807, 2.05) is 0 Å². The summed E-state index contributed by atoms with van der Waals surface area (Å²) in [4.78, 5) is 0. The first-order valence-electron chi connectivity index (χ1n) is 8.74. The molecule has 3 aliphatic rings. The molecular weight excluding hydrogens is 354 g/mol. The fourth-order valence-electron chi connectivity index (χ4n) is 3.68. The van der Waals surface area contributed by atoms with Crippen LogP contribution in [0.4, 0.5) is 0 Å². The van der Waals surface area contributed by atoms with Gasteiger partial charge in [0.15, 0.2) is 0 Å². The molecule has 24 heavy (non-hydrogen) atoms. The Morgan fingerprint density at radius 2 is 1.50 bits per heavy atom. The van der Waals surface area contributed by atoms with Crippen LogP contribution in [-0.2, 0) is 25.0 Å². The van der Waals surface area contributed by atoms with E-state index in [2.05, 4.69) is 4.72 Å². The number of morpholine rings is 1. The molecular formula is C14H27N3O5S2. The summed E-state index contributed by atoms with van der Waals surface area (Å²) in [7, 11) is -7.10. The van der Waals surface area contributed by atoms with Crippen molar-refractivity contribution in [3.8, 4) is 0 Å². The van der Waals surface area contributed by atoms with Crippen molar-refractivity contribution >= 4 is 20.2 Å². The summed E-state index contributed by atoms with van der Waals surface area (Å²) >= 11 is 0. The average Bonchev–Trinajstić information content (AvgIpc) is 3.08. The molecule has 1 aliphatic carbocycles. The Hall–Kier alpha value is -0.260. The van der Waals surface area contributed by atoms with Crippen LogP contribution in [-0.4, -0.2) is 76.1 Å². The molecule has 3 rings (SSSR count). The molecule has 3 fully saturated rings. The van der Waals surface area contributed by atoms with Crippen LogP contribution >= 0.6 is 0 Å². The van der Waals surface area contributed by atoms with Crippen LogP contribution < -0.4 is 4.72 Å². The lowest BCUT2D eigenvalue weighted by Gasteiger charge is -2.36. The first-order valence-corrected chi connectivity index (χ1v) is 11.7. The number of nitrogens with zero attached hydrogens (tertiary/aromatic N) is 2. The highest BCUT2D eigenvalue weighted by atomic mass is 32.2. The van der Waals surface area contributed by atoms with Gasteiger partial charge in [-0.05, 0) is 25.7 Å². The van der Waals surface area contributed by atoms with Crippen LogP contribution in [0, 0.1) is 0 Å². The van der Waals surface area contributed by atoms with E-state index in [4.69, 9.17) is 4.74 Å². The normalized spacial score (nSPS) is 29.1. The van der Waals surface area contributed by atoms with Gasteiger partial charge in [-0.2, -0.15) is 17.0 Å². The maximum atomic E-state index is 12.7. The zero-order valence-corrected chi connectivity index (χ0v) is 15.5. The molecule has 0 aromatic carbocycles. The highest BCUT2D eigenvalue weighted by molar-refractivity contribution is 7.90. The van der Waals surface area contributed by atoms with Gasteiger partial charge in [0.25, 0.3) is 10.2 Å². The second-order valence-corrected chi connectivity index (χ2v) is 10.7. The molecule has 0 spiro atoms. The number of nitrogens with one attached hydrogen (secondary N) is 1. The maximum Gasteiger partial charge on any atom is 0.282 e. The Bertz CT molecular complexity index is 625. The summed E-state index contributed by atoms with van der Waals surface area (Å²) in [6, 6.07) is 0.0150. The van der Waals surface area contributed by atoms with Crippen LogP contribution in [0.2, 0.25) is 0 Å². The highest BCUT2D eigenvalue weighted by Gasteiger charge is 2.39. The number of sulfonamides is 1. The van der Waals surface area contributed by atoms with Gasteiger partial charge in [-0.3, -0.25) is 0 Å². The molecule has 0 amide bonds. The molecule has 0 radical (unpaired) electrons. The van der Waals surface area contributed by atoms with E-state index in [0.29, 0.717) is 45.7 Å². The van der Waals surface area contributed by atoms with E-state index in [1.165, 1.54) is 8.61 Å². The zero-order valence-electron chi connectivity index (χ0n) is 13.9. The first kappa shape index (κ1) is 18.5. The van der Waals surface area contributed by atoms with Crippen molar-refractivity contribution in [1.29, 1.82) is 0 Å². The van der Waals surface area contributed by atoms with Gasteiger partial charge >= 0.3 is 0 Å². The minimum atomic E-state index is -3.61. The van der Waals surface area contributed by atoms with Crippen molar-refractivity contribution in [1.82, 2.24) is 13.3 Å². The average molecular weight is 382 g/mol. The van der Waals surface area contributed by atoms with E-state index >= 15 is 0 Å². The predicted molar refractivity (Wildman–Crippen MR) is 90.2 cm³/mol. The number of piperidine rings is 1. The Balaban J connectivity index is 1.66. The standard InChI is InChI=1S/C14H27N3O5S2/c18-23(19,15-13-4-1-2-5-13)14-6-3-7-17(12-14)24(20,21)16-8-10-22-11-9-16/h13-15H,1-12H2/t14-/m0/s1. The van der Waals surface area contributed by atoms with E-state index in [0.717, 1.165) is 25.7 Å². The molecule has 10 heteroatoms. The zero-order chi connectivity index (χ0) is 17.2. The molecule has 2 saturated heterocycles. The Labute approximate surface area is 144 Å². The summed E-state index contributed by atoms with van der Waals surface area (Å²) in [6.45, 7) is 1.86. The fourth-order valence-corrected chi connectivity index (χ4v) is 7.19. The van der Waals surface area contributed by atoms with Crippen molar-refractivity contribution in [3.63, 3.8) is 0 Å². The summed E-state index contributed by atoms with van der Waals surface area (Å²) in [5, 5.41) is -0.664. The van der Waals surface area contributed by atoms with Crippen molar-refractivity contribution < 1.29 is 21.6 Å². The molecule has 1 atom stereocenters. The van der Waals surface area contributed by atoms with Crippen LogP contribution in [0.3, 0.4) is 0 Å². The molecule has 140 valence electrons.